The van der Waals surface area contributed by atoms with Gasteiger partial charge < -0.3 is 20.4 Å². The molecule has 0 bridgehead atoms. The number of pyridine rings is 1. The topological polar surface area (TPSA) is 79.0 Å². The number of amides is 1. The van der Waals surface area contributed by atoms with Crippen molar-refractivity contribution in [3.63, 3.8) is 0 Å². The first-order chi connectivity index (χ1) is 14.4. The summed E-state index contributed by atoms with van der Waals surface area (Å²) in [7, 11) is 1.59. The number of carbonyl (C=O) groups excluding carboxylic acids is 1. The number of aromatic nitrogens is 2. The lowest BCUT2D eigenvalue weighted by molar-refractivity contribution is 0.0892. The maximum Gasteiger partial charge on any atom is 0.268 e. The molecular formula is C22H24Cl2N4O2. The van der Waals surface area contributed by atoms with Gasteiger partial charge in [0.2, 0.25) is 0 Å². The van der Waals surface area contributed by atoms with E-state index in [1.807, 2.05) is 38.1 Å². The van der Waals surface area contributed by atoms with Crippen molar-refractivity contribution in [2.45, 2.75) is 25.9 Å². The molecule has 0 radical (unpaired) electrons. The van der Waals surface area contributed by atoms with Gasteiger partial charge in [0, 0.05) is 41.7 Å². The van der Waals surface area contributed by atoms with Crippen LogP contribution in [0.4, 0.5) is 5.82 Å². The number of nitrogens with one attached hydrogen (secondary N) is 3. The van der Waals surface area contributed by atoms with E-state index in [4.69, 9.17) is 27.9 Å². The molecule has 30 heavy (non-hydrogen) atoms. The zero-order valence-corrected chi connectivity index (χ0v) is 18.5. The summed E-state index contributed by atoms with van der Waals surface area (Å²) >= 11 is 12.4. The monoisotopic (exact) mass is 446 g/mol. The van der Waals surface area contributed by atoms with E-state index in [1.54, 1.807) is 31.6 Å². The van der Waals surface area contributed by atoms with E-state index in [0.717, 1.165) is 22.5 Å². The molecule has 158 valence electrons. The van der Waals surface area contributed by atoms with Gasteiger partial charge in [-0.2, -0.15) is 0 Å². The molecule has 1 aromatic carbocycles. The van der Waals surface area contributed by atoms with Gasteiger partial charge in [-0.25, -0.2) is 4.98 Å². The minimum Gasteiger partial charge on any atom is -0.382 e. The molecule has 2 aromatic heterocycles. The summed E-state index contributed by atoms with van der Waals surface area (Å²) in [5.41, 5.74) is 2.87. The number of halogens is 2. The number of H-pyrrole nitrogens is 1. The van der Waals surface area contributed by atoms with Gasteiger partial charge in [0.05, 0.1) is 17.7 Å². The summed E-state index contributed by atoms with van der Waals surface area (Å²) in [5, 5.41) is 7.34. The number of nitrogens with zero attached hydrogens (tertiary/aromatic N) is 1. The third kappa shape index (κ3) is 5.53. The number of carbonyl (C=O) groups is 1. The Hall–Kier alpha value is -2.54. The highest BCUT2D eigenvalue weighted by molar-refractivity contribution is 6.33. The zero-order valence-electron chi connectivity index (χ0n) is 17.0. The lowest BCUT2D eigenvalue weighted by atomic mass is 10.1. The smallest absolute Gasteiger partial charge is 0.268 e. The highest BCUT2D eigenvalue weighted by Gasteiger charge is 2.18. The quantitative estimate of drug-likeness (QED) is 0.437. The number of rotatable bonds is 8. The van der Waals surface area contributed by atoms with Gasteiger partial charge in [-0.1, -0.05) is 35.3 Å². The van der Waals surface area contributed by atoms with Crippen molar-refractivity contribution < 1.29 is 9.53 Å². The normalized spacial score (nSPS) is 12.1. The number of methoxy groups -OCH3 is 1. The number of aromatic amines is 1. The first-order valence-electron chi connectivity index (χ1n) is 9.53. The fraction of sp³-hybridized carbons (Fsp3) is 0.273. The molecule has 0 fully saturated rings. The highest BCUT2D eigenvalue weighted by Crippen LogP contribution is 2.30. The Labute approximate surface area is 186 Å². The molecule has 0 aliphatic carbocycles. The number of hydrogen-bond donors (Lipinski definition) is 3. The standard InChI is InChI=1S/C22H24Cl2N4O2/c1-13(2)27-21-9-17(18(24)11-26-21)15-8-19(25-10-15)22(29)28-20(12-30-3)14-5-4-6-16(23)7-14/h4-11,13,20,25H,12H2,1-3H3,(H,26,27)(H,28,29)/t20-/m1/s1. The van der Waals surface area contributed by atoms with Crippen LogP contribution in [0.2, 0.25) is 10.0 Å². The Morgan fingerprint density at radius 2 is 2.03 bits per heavy atom. The zero-order chi connectivity index (χ0) is 21.7. The molecule has 2 heterocycles. The second-order valence-electron chi connectivity index (χ2n) is 7.19. The van der Waals surface area contributed by atoms with E-state index in [0.29, 0.717) is 22.3 Å². The average Bonchev–Trinajstić information content (AvgIpc) is 3.19. The summed E-state index contributed by atoms with van der Waals surface area (Å²) in [4.78, 5) is 20.2. The SMILES string of the molecule is COC[C@@H](NC(=O)c1cc(-c2cc(NC(C)C)ncc2Cl)c[nH]1)c1cccc(Cl)c1. The van der Waals surface area contributed by atoms with Crippen molar-refractivity contribution in [3.8, 4) is 11.1 Å². The number of hydrogen-bond acceptors (Lipinski definition) is 4. The van der Waals surface area contributed by atoms with E-state index in [9.17, 15) is 4.79 Å². The van der Waals surface area contributed by atoms with Crippen molar-refractivity contribution in [3.05, 3.63) is 70.1 Å². The Morgan fingerprint density at radius 1 is 1.23 bits per heavy atom. The largest absolute Gasteiger partial charge is 0.382 e. The predicted molar refractivity (Wildman–Crippen MR) is 121 cm³/mol. The van der Waals surface area contributed by atoms with Crippen molar-refractivity contribution >= 4 is 34.9 Å². The summed E-state index contributed by atoms with van der Waals surface area (Å²) in [6.07, 6.45) is 3.35. The van der Waals surface area contributed by atoms with Crippen LogP contribution < -0.4 is 10.6 Å². The van der Waals surface area contributed by atoms with Crippen LogP contribution >= 0.6 is 23.2 Å². The van der Waals surface area contributed by atoms with E-state index in [-0.39, 0.29) is 18.0 Å². The molecule has 0 aliphatic rings. The fourth-order valence-corrected chi connectivity index (χ4v) is 3.47. The van der Waals surface area contributed by atoms with Crippen molar-refractivity contribution in [1.29, 1.82) is 0 Å². The van der Waals surface area contributed by atoms with E-state index in [1.165, 1.54) is 0 Å². The molecular weight excluding hydrogens is 423 g/mol. The lowest BCUT2D eigenvalue weighted by Gasteiger charge is -2.18. The van der Waals surface area contributed by atoms with Gasteiger partial charge in [0.1, 0.15) is 11.5 Å². The number of benzene rings is 1. The third-order valence-corrected chi connectivity index (χ3v) is 4.96. The fourth-order valence-electron chi connectivity index (χ4n) is 3.06. The van der Waals surface area contributed by atoms with Crippen LogP contribution in [0.15, 0.2) is 48.8 Å². The van der Waals surface area contributed by atoms with Gasteiger partial charge in [-0.15, -0.1) is 0 Å². The van der Waals surface area contributed by atoms with Crippen molar-refractivity contribution in [2.75, 3.05) is 19.0 Å². The molecule has 0 saturated heterocycles. The van der Waals surface area contributed by atoms with Crippen LogP contribution in [0.25, 0.3) is 11.1 Å². The minimum atomic E-state index is -0.334. The predicted octanol–water partition coefficient (Wildman–Crippen LogP) is 5.32. The van der Waals surface area contributed by atoms with Gasteiger partial charge in [-0.3, -0.25) is 4.79 Å². The second-order valence-corrected chi connectivity index (χ2v) is 8.03. The van der Waals surface area contributed by atoms with Gasteiger partial charge >= 0.3 is 0 Å². The minimum absolute atomic E-state index is 0.239. The Bertz CT molecular complexity index is 1020. The van der Waals surface area contributed by atoms with Crippen LogP contribution in [0.1, 0.15) is 35.9 Å². The summed E-state index contributed by atoms with van der Waals surface area (Å²) in [5.74, 6) is 0.465. The van der Waals surface area contributed by atoms with E-state index in [2.05, 4.69) is 20.6 Å². The molecule has 0 spiro atoms. The van der Waals surface area contributed by atoms with Crippen molar-refractivity contribution in [2.24, 2.45) is 0 Å². The van der Waals surface area contributed by atoms with Crippen molar-refractivity contribution in [1.82, 2.24) is 15.3 Å². The first kappa shape index (κ1) is 22.2. The number of anilines is 1. The van der Waals surface area contributed by atoms with E-state index >= 15 is 0 Å². The Kier molecular flexibility index (Phi) is 7.37. The molecule has 3 N–H and O–H groups in total. The Balaban J connectivity index is 1.80. The maximum atomic E-state index is 12.8. The molecule has 8 heteroatoms. The molecule has 3 aromatic rings. The summed E-state index contributed by atoms with van der Waals surface area (Å²) in [6.45, 7) is 4.39. The molecule has 0 saturated carbocycles. The van der Waals surface area contributed by atoms with Crippen LogP contribution in [0.5, 0.6) is 0 Å². The molecule has 1 amide bonds. The molecule has 0 aliphatic heterocycles. The van der Waals surface area contributed by atoms with Crippen LogP contribution in [0.3, 0.4) is 0 Å². The van der Waals surface area contributed by atoms with E-state index < -0.39 is 0 Å². The highest BCUT2D eigenvalue weighted by atomic mass is 35.5. The third-order valence-electron chi connectivity index (χ3n) is 4.42. The second kappa shape index (κ2) is 9.98. The number of ether oxygens (including phenoxy) is 1. The molecule has 1 atom stereocenters. The van der Waals surface area contributed by atoms with Gasteiger partial charge in [0.25, 0.3) is 5.91 Å². The molecule has 6 nitrogen and oxygen atoms in total. The molecule has 0 unspecified atom stereocenters. The Morgan fingerprint density at radius 3 is 2.73 bits per heavy atom. The van der Waals surface area contributed by atoms with Crippen LogP contribution in [-0.4, -0.2) is 35.6 Å². The lowest BCUT2D eigenvalue weighted by Crippen LogP contribution is -2.31. The maximum absolute atomic E-state index is 12.8. The first-order valence-corrected chi connectivity index (χ1v) is 10.3. The molecule has 3 rings (SSSR count). The van der Waals surface area contributed by atoms with Gasteiger partial charge in [-0.05, 0) is 43.7 Å². The summed E-state index contributed by atoms with van der Waals surface area (Å²) in [6, 6.07) is 10.9. The summed E-state index contributed by atoms with van der Waals surface area (Å²) < 4.78 is 5.27. The van der Waals surface area contributed by atoms with Crippen LogP contribution in [0, 0.1) is 0 Å². The average molecular weight is 447 g/mol. The van der Waals surface area contributed by atoms with Crippen LogP contribution in [-0.2, 0) is 4.74 Å². The van der Waals surface area contributed by atoms with Gasteiger partial charge in [0.15, 0.2) is 0 Å².